The molecule has 4 unspecified atom stereocenters. The highest BCUT2D eigenvalue weighted by molar-refractivity contribution is 8.13. The van der Waals surface area contributed by atoms with Crippen molar-refractivity contribution in [3.63, 3.8) is 0 Å². The van der Waals surface area contributed by atoms with Crippen molar-refractivity contribution in [3.05, 3.63) is 12.2 Å². The largest absolute Gasteiger partial charge is 0.147 e. The maximum atomic E-state index is 2.49. The Morgan fingerprint density at radius 3 is 3.27 bits per heavy atom. The van der Waals surface area contributed by atoms with E-state index in [1.54, 1.807) is 0 Å². The van der Waals surface area contributed by atoms with E-state index in [0.717, 1.165) is 15.7 Å². The minimum atomic E-state index is 0.624. The van der Waals surface area contributed by atoms with Crippen molar-refractivity contribution in [3.8, 4) is 0 Å². The van der Waals surface area contributed by atoms with Crippen LogP contribution in [-0.4, -0.2) is 20.5 Å². The molecule has 0 aromatic rings. The van der Waals surface area contributed by atoms with E-state index < -0.39 is 0 Å². The van der Waals surface area contributed by atoms with Gasteiger partial charge >= 0.3 is 0 Å². The Hall–Kier alpha value is 0.440. The summed E-state index contributed by atoms with van der Waals surface area (Å²) in [5.41, 5.74) is 0. The first-order chi connectivity index (χ1) is 5.36. The van der Waals surface area contributed by atoms with Gasteiger partial charge in [0, 0.05) is 20.5 Å². The lowest BCUT2D eigenvalue weighted by Gasteiger charge is -2.10. The van der Waals surface area contributed by atoms with E-state index in [-0.39, 0.29) is 0 Å². The smallest absolute Gasteiger partial charge is 0.0473 e. The Morgan fingerprint density at radius 1 is 1.55 bits per heavy atom. The summed E-state index contributed by atoms with van der Waals surface area (Å²) in [6.07, 6.45) is 7.69. The molecule has 2 fully saturated rings. The first-order valence-electron chi connectivity index (χ1n) is 4.38. The van der Waals surface area contributed by atoms with Crippen molar-refractivity contribution in [2.45, 2.75) is 40.3 Å². The van der Waals surface area contributed by atoms with E-state index in [9.17, 15) is 0 Å². The third-order valence-corrected chi connectivity index (χ3v) is 6.09. The summed E-state index contributed by atoms with van der Waals surface area (Å²) >= 11 is 4.38. The predicted octanol–water partition coefficient (Wildman–Crippen LogP) is 2.69. The Balaban J connectivity index is 1.83. The van der Waals surface area contributed by atoms with Crippen molar-refractivity contribution < 1.29 is 0 Å². The van der Waals surface area contributed by atoms with Gasteiger partial charge in [0.05, 0.1) is 0 Å². The fraction of sp³-hybridized carbons (Fsp3) is 0.778. The minimum Gasteiger partial charge on any atom is -0.147 e. The van der Waals surface area contributed by atoms with Crippen molar-refractivity contribution in [1.29, 1.82) is 0 Å². The van der Waals surface area contributed by atoms with Crippen molar-refractivity contribution in [2.24, 2.45) is 0 Å². The third kappa shape index (κ3) is 0.858. The second kappa shape index (κ2) is 2.02. The molecule has 0 spiro atoms. The van der Waals surface area contributed by atoms with Gasteiger partial charge in [-0.1, -0.05) is 25.5 Å². The van der Waals surface area contributed by atoms with Gasteiger partial charge in [-0.25, -0.2) is 0 Å². The molecule has 3 rings (SSSR count). The first kappa shape index (κ1) is 6.90. The third-order valence-electron chi connectivity index (χ3n) is 2.84. The summed E-state index contributed by atoms with van der Waals surface area (Å²) in [6, 6.07) is 0. The Kier molecular flexibility index (Phi) is 1.27. The summed E-state index contributed by atoms with van der Waals surface area (Å²) in [5.74, 6) is 0. The zero-order valence-electron chi connectivity index (χ0n) is 6.62. The summed E-state index contributed by atoms with van der Waals surface area (Å²) in [5, 5.41) is 2.93. The minimum absolute atomic E-state index is 0.624. The van der Waals surface area contributed by atoms with Crippen LogP contribution in [0, 0.1) is 0 Å². The second-order valence-corrected chi connectivity index (χ2v) is 6.53. The van der Waals surface area contributed by atoms with E-state index in [1.807, 2.05) is 0 Å². The topological polar surface area (TPSA) is 0 Å². The van der Waals surface area contributed by atoms with Gasteiger partial charge in [0.15, 0.2) is 0 Å². The van der Waals surface area contributed by atoms with Crippen LogP contribution in [0.25, 0.3) is 0 Å². The highest BCUT2D eigenvalue weighted by Crippen LogP contribution is 2.70. The number of rotatable bonds is 2. The summed E-state index contributed by atoms with van der Waals surface area (Å²) in [4.78, 5) is 0. The fourth-order valence-electron chi connectivity index (χ4n) is 2.15. The molecule has 3 aliphatic rings. The van der Waals surface area contributed by atoms with Crippen molar-refractivity contribution in [2.75, 3.05) is 0 Å². The van der Waals surface area contributed by atoms with Gasteiger partial charge in [-0.2, -0.15) is 0 Å². The molecule has 0 nitrogen and oxygen atoms in total. The zero-order valence-corrected chi connectivity index (χ0v) is 8.25. The molecular formula is C9H12S2. The van der Waals surface area contributed by atoms with Crippen LogP contribution in [0.3, 0.4) is 0 Å². The molecule has 2 aliphatic heterocycles. The molecule has 2 saturated heterocycles. The summed E-state index contributed by atoms with van der Waals surface area (Å²) in [6.45, 7) is 2.30. The van der Waals surface area contributed by atoms with Crippen LogP contribution in [0.5, 0.6) is 0 Å². The molecule has 4 atom stereocenters. The number of fused-ring (bicyclic) bond motifs is 3. The van der Waals surface area contributed by atoms with E-state index in [0.29, 0.717) is 4.75 Å². The molecule has 60 valence electrons. The van der Waals surface area contributed by atoms with Gasteiger partial charge in [-0.05, 0) is 6.42 Å². The standard InChI is InChI=1S/C9H12S2/c1-2-4-9-5-3-6-7(10-6)8(9)11-9/h3,5-8H,2,4H2,1H3. The Morgan fingerprint density at radius 2 is 2.45 bits per heavy atom. The normalized spacial score (nSPS) is 56.6. The lowest BCUT2D eigenvalue weighted by molar-refractivity contribution is 0.654. The number of hydrogen-bond acceptors (Lipinski definition) is 2. The molecule has 0 bridgehead atoms. The maximum Gasteiger partial charge on any atom is 0.0473 e. The molecule has 1 aliphatic carbocycles. The fourth-order valence-corrected chi connectivity index (χ4v) is 5.30. The summed E-state index contributed by atoms with van der Waals surface area (Å²) in [7, 11) is 0. The molecular weight excluding hydrogens is 172 g/mol. The molecule has 2 heterocycles. The van der Waals surface area contributed by atoms with Gasteiger partial charge in [0.25, 0.3) is 0 Å². The molecule has 0 aromatic carbocycles. The average Bonchev–Trinajstić information content (AvgIpc) is 2.79. The van der Waals surface area contributed by atoms with E-state index in [2.05, 4.69) is 42.6 Å². The monoisotopic (exact) mass is 184 g/mol. The molecule has 0 saturated carbocycles. The van der Waals surface area contributed by atoms with Gasteiger partial charge in [-0.15, -0.1) is 23.5 Å². The van der Waals surface area contributed by atoms with Crippen molar-refractivity contribution in [1.82, 2.24) is 0 Å². The highest BCUT2D eigenvalue weighted by Gasteiger charge is 2.65. The van der Waals surface area contributed by atoms with Gasteiger partial charge in [-0.3, -0.25) is 0 Å². The lowest BCUT2D eigenvalue weighted by atomic mass is 9.92. The van der Waals surface area contributed by atoms with Crippen LogP contribution in [0.2, 0.25) is 0 Å². The van der Waals surface area contributed by atoms with Crippen LogP contribution in [0.4, 0.5) is 0 Å². The van der Waals surface area contributed by atoms with Crippen LogP contribution in [0.1, 0.15) is 19.8 Å². The summed E-state index contributed by atoms with van der Waals surface area (Å²) < 4.78 is 0.624. The molecule has 11 heavy (non-hydrogen) atoms. The molecule has 2 heteroatoms. The zero-order chi connectivity index (χ0) is 7.47. The quantitative estimate of drug-likeness (QED) is 0.478. The van der Waals surface area contributed by atoms with Gasteiger partial charge in [0.1, 0.15) is 0 Å². The molecule has 0 aromatic heterocycles. The van der Waals surface area contributed by atoms with E-state index >= 15 is 0 Å². The maximum absolute atomic E-state index is 2.49. The van der Waals surface area contributed by atoms with Crippen LogP contribution in [-0.2, 0) is 0 Å². The predicted molar refractivity (Wildman–Crippen MR) is 53.3 cm³/mol. The Labute approximate surface area is 76.2 Å². The van der Waals surface area contributed by atoms with Crippen molar-refractivity contribution >= 4 is 23.5 Å². The van der Waals surface area contributed by atoms with Gasteiger partial charge in [0.2, 0.25) is 0 Å². The van der Waals surface area contributed by atoms with E-state index in [4.69, 9.17) is 0 Å². The average molecular weight is 184 g/mol. The lowest BCUT2D eigenvalue weighted by Crippen LogP contribution is -2.19. The molecule has 0 amide bonds. The first-order valence-corrected chi connectivity index (χ1v) is 6.21. The van der Waals surface area contributed by atoms with Crippen LogP contribution >= 0.6 is 23.5 Å². The molecule has 0 N–H and O–H groups in total. The second-order valence-electron chi connectivity index (χ2n) is 3.67. The number of hydrogen-bond donors (Lipinski definition) is 0. The highest BCUT2D eigenvalue weighted by atomic mass is 32.2. The SMILES string of the molecule is CCCC12C=CC3SC3C1S2. The van der Waals surface area contributed by atoms with E-state index in [1.165, 1.54) is 12.8 Å². The van der Waals surface area contributed by atoms with Crippen LogP contribution < -0.4 is 0 Å². The number of thioether (sulfide) groups is 2. The Bertz CT molecular complexity index is 224. The molecule has 0 radical (unpaired) electrons. The van der Waals surface area contributed by atoms with Gasteiger partial charge < -0.3 is 0 Å². The van der Waals surface area contributed by atoms with Crippen LogP contribution in [0.15, 0.2) is 12.2 Å².